The van der Waals surface area contributed by atoms with Crippen molar-refractivity contribution in [3.05, 3.63) is 83.2 Å². The van der Waals surface area contributed by atoms with Gasteiger partial charge in [0, 0.05) is 58.4 Å². The summed E-state index contributed by atoms with van der Waals surface area (Å²) in [5.74, 6) is -2.51. The number of benzene rings is 2. The lowest BCUT2D eigenvalue weighted by Crippen LogP contribution is -2.24. The van der Waals surface area contributed by atoms with Crippen molar-refractivity contribution in [3.8, 4) is 0 Å². The number of carbonyl (C=O) groups is 2. The Balaban J connectivity index is 0.000000224. The minimum Gasteiger partial charge on any atom is -0.478 e. The molecule has 0 bridgehead atoms. The zero-order valence-corrected chi connectivity index (χ0v) is 24.5. The van der Waals surface area contributed by atoms with Gasteiger partial charge in [0.05, 0.1) is 0 Å². The van der Waals surface area contributed by atoms with Crippen molar-refractivity contribution in [2.75, 3.05) is 13.1 Å². The SMILES string of the molecule is Cc1ccc2[nH]cc(CCNC(C)C)c2c1.Cc1ccc2[nH]cc(CCNC(C)C)c2c1.O=C(O)/C=C/C(=O)O. The minimum absolute atomic E-state index is 0.558. The Hall–Kier alpha value is -3.88. The van der Waals surface area contributed by atoms with Gasteiger partial charge in [0.15, 0.2) is 0 Å². The number of H-pyrrole nitrogens is 2. The Morgan fingerprint density at radius 1 is 0.725 bits per heavy atom. The molecule has 4 rings (SSSR count). The van der Waals surface area contributed by atoms with Crippen LogP contribution in [-0.4, -0.2) is 57.3 Å². The van der Waals surface area contributed by atoms with Crippen LogP contribution in [0.3, 0.4) is 0 Å². The maximum atomic E-state index is 9.55. The molecule has 6 N–H and O–H groups in total. The van der Waals surface area contributed by atoms with Crippen molar-refractivity contribution in [1.82, 2.24) is 20.6 Å². The Morgan fingerprint density at radius 3 is 1.43 bits per heavy atom. The van der Waals surface area contributed by atoms with E-state index in [0.717, 1.165) is 25.9 Å². The summed E-state index contributed by atoms with van der Waals surface area (Å²) in [4.78, 5) is 25.8. The van der Waals surface area contributed by atoms with E-state index in [-0.39, 0.29) is 0 Å². The molecule has 0 spiro atoms. The summed E-state index contributed by atoms with van der Waals surface area (Å²) in [5.41, 5.74) is 7.95. The van der Waals surface area contributed by atoms with Crippen LogP contribution >= 0.6 is 0 Å². The van der Waals surface area contributed by atoms with E-state index in [2.05, 4.69) is 111 Å². The molecule has 8 heteroatoms. The third-order valence-corrected chi connectivity index (χ3v) is 6.11. The zero-order valence-electron chi connectivity index (χ0n) is 24.5. The van der Waals surface area contributed by atoms with Gasteiger partial charge in [-0.15, -0.1) is 0 Å². The topological polar surface area (TPSA) is 130 Å². The van der Waals surface area contributed by atoms with E-state index in [0.29, 0.717) is 24.2 Å². The van der Waals surface area contributed by atoms with E-state index in [4.69, 9.17) is 10.2 Å². The lowest BCUT2D eigenvalue weighted by Gasteiger charge is -2.07. The van der Waals surface area contributed by atoms with Gasteiger partial charge in [0.2, 0.25) is 0 Å². The zero-order chi connectivity index (χ0) is 29.7. The second-order valence-corrected chi connectivity index (χ2v) is 10.5. The Kier molecular flexibility index (Phi) is 13.2. The fourth-order valence-corrected chi connectivity index (χ4v) is 4.13. The van der Waals surface area contributed by atoms with Crippen LogP contribution in [0.25, 0.3) is 21.8 Å². The van der Waals surface area contributed by atoms with Crippen LogP contribution in [0.4, 0.5) is 0 Å². The number of aromatic amines is 2. The smallest absolute Gasteiger partial charge is 0.328 e. The number of carboxylic acids is 2. The lowest BCUT2D eigenvalue weighted by molar-refractivity contribution is -0.134. The van der Waals surface area contributed by atoms with Gasteiger partial charge < -0.3 is 30.8 Å². The van der Waals surface area contributed by atoms with Crippen molar-refractivity contribution in [1.29, 1.82) is 0 Å². The lowest BCUT2D eigenvalue weighted by atomic mass is 10.1. The first-order valence-corrected chi connectivity index (χ1v) is 13.7. The van der Waals surface area contributed by atoms with E-state index in [1.165, 1.54) is 44.1 Å². The molecular weight excluding hydrogens is 504 g/mol. The first-order chi connectivity index (χ1) is 19.0. The fraction of sp³-hybridized carbons (Fsp3) is 0.375. The highest BCUT2D eigenvalue weighted by molar-refractivity contribution is 5.89. The van der Waals surface area contributed by atoms with E-state index in [1.54, 1.807) is 0 Å². The maximum Gasteiger partial charge on any atom is 0.328 e. The molecule has 216 valence electrons. The summed E-state index contributed by atoms with van der Waals surface area (Å²) >= 11 is 0. The van der Waals surface area contributed by atoms with Crippen LogP contribution in [-0.2, 0) is 22.4 Å². The highest BCUT2D eigenvalue weighted by Gasteiger charge is 2.05. The standard InChI is InChI=1S/2C14H20N2.C4H4O4/c2*1-10(2)15-7-6-12-9-16-14-5-4-11(3)8-13(12)14;5-3(6)1-2-4(7)8/h2*4-5,8-10,15-16H,6-7H2,1-3H3;1-2H,(H,5,6)(H,7,8)/b;;2-1+. The summed E-state index contributed by atoms with van der Waals surface area (Å²) in [6.07, 6.45) is 7.55. The number of hydrogen-bond donors (Lipinski definition) is 6. The number of rotatable bonds is 10. The predicted molar refractivity (Wildman–Crippen MR) is 164 cm³/mol. The molecule has 0 aliphatic carbocycles. The van der Waals surface area contributed by atoms with Crippen LogP contribution in [0, 0.1) is 13.8 Å². The summed E-state index contributed by atoms with van der Waals surface area (Å²) in [6.45, 7) is 15.1. The molecule has 40 heavy (non-hydrogen) atoms. The van der Waals surface area contributed by atoms with Gasteiger partial charge in [-0.2, -0.15) is 0 Å². The van der Waals surface area contributed by atoms with Crippen molar-refractivity contribution in [3.63, 3.8) is 0 Å². The molecule has 4 aromatic rings. The van der Waals surface area contributed by atoms with Crippen molar-refractivity contribution in [2.45, 2.75) is 66.5 Å². The van der Waals surface area contributed by atoms with Crippen LogP contribution < -0.4 is 10.6 Å². The van der Waals surface area contributed by atoms with Gasteiger partial charge >= 0.3 is 11.9 Å². The molecule has 0 radical (unpaired) electrons. The Morgan fingerprint density at radius 2 is 1.10 bits per heavy atom. The molecule has 0 atom stereocenters. The molecule has 0 aliphatic rings. The summed E-state index contributed by atoms with van der Waals surface area (Å²) < 4.78 is 0. The number of fused-ring (bicyclic) bond motifs is 2. The van der Waals surface area contributed by atoms with Gasteiger partial charge in [0.1, 0.15) is 0 Å². The first-order valence-electron chi connectivity index (χ1n) is 13.7. The average Bonchev–Trinajstić information content (AvgIpc) is 3.46. The van der Waals surface area contributed by atoms with Crippen LogP contribution in [0.15, 0.2) is 60.9 Å². The van der Waals surface area contributed by atoms with Gasteiger partial charge in [-0.1, -0.05) is 51.0 Å². The van der Waals surface area contributed by atoms with Crippen LogP contribution in [0.1, 0.15) is 49.9 Å². The number of aliphatic carboxylic acids is 2. The van der Waals surface area contributed by atoms with Crippen molar-refractivity contribution in [2.24, 2.45) is 0 Å². The molecule has 0 unspecified atom stereocenters. The van der Waals surface area contributed by atoms with Crippen LogP contribution in [0.2, 0.25) is 0 Å². The molecule has 2 aromatic heterocycles. The Labute approximate surface area is 236 Å². The van der Waals surface area contributed by atoms with E-state index < -0.39 is 11.9 Å². The van der Waals surface area contributed by atoms with Gasteiger partial charge in [-0.05, 0) is 75.2 Å². The van der Waals surface area contributed by atoms with E-state index in [1.807, 2.05) is 0 Å². The molecule has 0 saturated heterocycles. The largest absolute Gasteiger partial charge is 0.478 e. The molecule has 0 amide bonds. The predicted octanol–water partition coefficient (Wildman–Crippen LogP) is 5.75. The minimum atomic E-state index is -1.26. The van der Waals surface area contributed by atoms with Gasteiger partial charge in [-0.3, -0.25) is 0 Å². The fourth-order valence-electron chi connectivity index (χ4n) is 4.13. The maximum absolute atomic E-state index is 9.55. The molecular formula is C32H44N4O4. The summed E-state index contributed by atoms with van der Waals surface area (Å²) in [7, 11) is 0. The molecule has 0 aliphatic heterocycles. The third-order valence-electron chi connectivity index (χ3n) is 6.11. The second-order valence-electron chi connectivity index (χ2n) is 10.5. The van der Waals surface area contributed by atoms with Gasteiger partial charge in [0.25, 0.3) is 0 Å². The van der Waals surface area contributed by atoms with Crippen LogP contribution in [0.5, 0.6) is 0 Å². The average molecular weight is 549 g/mol. The molecule has 2 heterocycles. The van der Waals surface area contributed by atoms with Crippen molar-refractivity contribution < 1.29 is 19.8 Å². The number of carboxylic acid groups (broad SMARTS) is 2. The monoisotopic (exact) mass is 548 g/mol. The number of aryl methyl sites for hydroxylation is 2. The first kappa shape index (κ1) is 32.3. The molecule has 8 nitrogen and oxygen atoms in total. The molecule has 2 aromatic carbocycles. The molecule has 0 fully saturated rings. The number of nitrogens with one attached hydrogen (secondary N) is 4. The normalized spacial score (nSPS) is 11.1. The quantitative estimate of drug-likeness (QED) is 0.140. The van der Waals surface area contributed by atoms with Crippen molar-refractivity contribution >= 4 is 33.7 Å². The summed E-state index contributed by atoms with van der Waals surface area (Å²) in [5, 5.41) is 25.3. The Bertz CT molecular complexity index is 1290. The van der Waals surface area contributed by atoms with E-state index in [9.17, 15) is 9.59 Å². The third kappa shape index (κ3) is 11.5. The summed E-state index contributed by atoms with van der Waals surface area (Å²) in [6, 6.07) is 14.3. The van der Waals surface area contributed by atoms with Gasteiger partial charge in [-0.25, -0.2) is 9.59 Å². The highest BCUT2D eigenvalue weighted by atomic mass is 16.4. The van der Waals surface area contributed by atoms with E-state index >= 15 is 0 Å². The highest BCUT2D eigenvalue weighted by Crippen LogP contribution is 2.20. The number of aromatic nitrogens is 2. The number of hydrogen-bond acceptors (Lipinski definition) is 4. The second kappa shape index (κ2) is 16.3. The molecule has 0 saturated carbocycles.